The molecule has 84 valence electrons. The second-order valence-electron chi connectivity index (χ2n) is 4.57. The molecule has 4 heteroatoms. The molecule has 1 aromatic rings. The van der Waals surface area contributed by atoms with Crippen LogP contribution in [0.4, 0.5) is 0 Å². The molecule has 0 radical (unpaired) electrons. The van der Waals surface area contributed by atoms with E-state index >= 15 is 0 Å². The van der Waals surface area contributed by atoms with Crippen LogP contribution in [-0.2, 0) is 6.54 Å². The number of imidazole rings is 1. The summed E-state index contributed by atoms with van der Waals surface area (Å²) in [6, 6.07) is 0. The van der Waals surface area contributed by atoms with Crippen molar-refractivity contribution in [1.29, 1.82) is 5.41 Å². The van der Waals surface area contributed by atoms with Gasteiger partial charge in [0.1, 0.15) is 5.82 Å². The molecular weight excluding hydrogens is 188 g/mol. The molecule has 0 aromatic carbocycles. The van der Waals surface area contributed by atoms with E-state index in [0.29, 0.717) is 0 Å². The van der Waals surface area contributed by atoms with Crippen LogP contribution in [0.15, 0.2) is 12.4 Å². The number of aryl methyl sites for hydroxylation is 2. The van der Waals surface area contributed by atoms with Crippen molar-refractivity contribution in [2.24, 2.45) is 11.1 Å². The van der Waals surface area contributed by atoms with Gasteiger partial charge in [-0.2, -0.15) is 0 Å². The van der Waals surface area contributed by atoms with E-state index in [9.17, 15) is 0 Å². The molecule has 4 nitrogen and oxygen atoms in total. The maximum atomic E-state index is 7.45. The number of nitrogens with one attached hydrogen (secondary N) is 1. The first-order valence-electron chi connectivity index (χ1n) is 5.26. The van der Waals surface area contributed by atoms with Crippen molar-refractivity contribution in [3.05, 3.63) is 18.2 Å². The minimum atomic E-state index is -0.186. The highest BCUT2D eigenvalue weighted by Crippen LogP contribution is 2.22. The molecule has 3 N–H and O–H groups in total. The molecule has 0 amide bonds. The van der Waals surface area contributed by atoms with Crippen molar-refractivity contribution in [3.8, 4) is 0 Å². The lowest BCUT2D eigenvalue weighted by molar-refractivity contribution is 0.427. The SMILES string of the molecule is Cc1nccn1CCCC(C)(C)C(=N)N. The number of hydrogen-bond donors (Lipinski definition) is 2. The highest BCUT2D eigenvalue weighted by atomic mass is 15.0. The smallest absolute Gasteiger partial charge is 0.105 e. The molecule has 0 aliphatic carbocycles. The van der Waals surface area contributed by atoms with Crippen molar-refractivity contribution in [2.75, 3.05) is 0 Å². The van der Waals surface area contributed by atoms with Gasteiger partial charge in [0.15, 0.2) is 0 Å². The summed E-state index contributed by atoms with van der Waals surface area (Å²) in [6.07, 6.45) is 5.74. The van der Waals surface area contributed by atoms with Gasteiger partial charge in [-0.3, -0.25) is 5.41 Å². The standard InChI is InChI=1S/C11H20N4/c1-9-14-6-8-15(9)7-4-5-11(2,3)10(12)13/h6,8H,4-5,7H2,1-3H3,(H3,12,13). The molecule has 0 aliphatic heterocycles. The third-order valence-corrected chi connectivity index (χ3v) is 2.85. The number of rotatable bonds is 5. The van der Waals surface area contributed by atoms with Crippen LogP contribution in [0.25, 0.3) is 0 Å². The molecule has 0 spiro atoms. The van der Waals surface area contributed by atoms with Crippen LogP contribution in [0.2, 0.25) is 0 Å². The number of aromatic nitrogens is 2. The highest BCUT2D eigenvalue weighted by Gasteiger charge is 2.20. The lowest BCUT2D eigenvalue weighted by atomic mass is 9.87. The first-order valence-corrected chi connectivity index (χ1v) is 5.26. The van der Waals surface area contributed by atoms with Gasteiger partial charge in [-0.15, -0.1) is 0 Å². The van der Waals surface area contributed by atoms with Gasteiger partial charge in [0.2, 0.25) is 0 Å². The molecule has 15 heavy (non-hydrogen) atoms. The van der Waals surface area contributed by atoms with Crippen LogP contribution < -0.4 is 5.73 Å². The van der Waals surface area contributed by atoms with Crippen LogP contribution in [0.5, 0.6) is 0 Å². The van der Waals surface area contributed by atoms with Crippen LogP contribution in [0.1, 0.15) is 32.5 Å². The summed E-state index contributed by atoms with van der Waals surface area (Å²) in [5, 5.41) is 7.45. The summed E-state index contributed by atoms with van der Waals surface area (Å²) < 4.78 is 2.12. The maximum absolute atomic E-state index is 7.45. The van der Waals surface area contributed by atoms with E-state index in [1.807, 2.05) is 33.2 Å². The Kier molecular flexibility index (Phi) is 3.50. The molecule has 0 saturated carbocycles. The molecule has 0 aliphatic rings. The largest absolute Gasteiger partial charge is 0.387 e. The normalized spacial score (nSPS) is 11.7. The fraction of sp³-hybridized carbons (Fsp3) is 0.636. The Morgan fingerprint density at radius 1 is 1.60 bits per heavy atom. The van der Waals surface area contributed by atoms with E-state index in [4.69, 9.17) is 11.1 Å². The van der Waals surface area contributed by atoms with Gasteiger partial charge >= 0.3 is 0 Å². The van der Waals surface area contributed by atoms with Gasteiger partial charge in [0.05, 0.1) is 5.84 Å². The van der Waals surface area contributed by atoms with E-state index in [1.54, 1.807) is 0 Å². The minimum absolute atomic E-state index is 0.186. The minimum Gasteiger partial charge on any atom is -0.387 e. The Hall–Kier alpha value is -1.32. The zero-order chi connectivity index (χ0) is 11.5. The first-order chi connectivity index (χ1) is 6.93. The average Bonchev–Trinajstić information content (AvgIpc) is 2.51. The Labute approximate surface area is 91.0 Å². The second kappa shape index (κ2) is 4.47. The predicted molar refractivity (Wildman–Crippen MR) is 61.9 cm³/mol. The van der Waals surface area contributed by atoms with Gasteiger partial charge in [0.25, 0.3) is 0 Å². The molecular formula is C11H20N4. The van der Waals surface area contributed by atoms with Gasteiger partial charge in [0, 0.05) is 24.4 Å². The Bertz CT molecular complexity index is 338. The van der Waals surface area contributed by atoms with E-state index in [0.717, 1.165) is 25.2 Å². The van der Waals surface area contributed by atoms with Crippen LogP contribution in [0.3, 0.4) is 0 Å². The average molecular weight is 208 g/mol. The summed E-state index contributed by atoms with van der Waals surface area (Å²) in [4.78, 5) is 4.16. The summed E-state index contributed by atoms with van der Waals surface area (Å²) >= 11 is 0. The van der Waals surface area contributed by atoms with Gasteiger partial charge < -0.3 is 10.3 Å². The first kappa shape index (κ1) is 11.8. The molecule has 0 atom stereocenters. The predicted octanol–water partition coefficient (Wildman–Crippen LogP) is 1.93. The summed E-state index contributed by atoms with van der Waals surface area (Å²) in [7, 11) is 0. The molecule has 1 heterocycles. The molecule has 0 unspecified atom stereocenters. The number of nitrogens with zero attached hydrogens (tertiary/aromatic N) is 2. The molecule has 1 aromatic heterocycles. The molecule has 0 saturated heterocycles. The van der Waals surface area contributed by atoms with Crippen molar-refractivity contribution in [3.63, 3.8) is 0 Å². The van der Waals surface area contributed by atoms with Crippen molar-refractivity contribution in [1.82, 2.24) is 9.55 Å². The number of nitrogens with two attached hydrogens (primary N) is 1. The lowest BCUT2D eigenvalue weighted by Crippen LogP contribution is -2.30. The van der Waals surface area contributed by atoms with E-state index < -0.39 is 0 Å². The van der Waals surface area contributed by atoms with Crippen LogP contribution >= 0.6 is 0 Å². The highest BCUT2D eigenvalue weighted by molar-refractivity contribution is 5.82. The summed E-state index contributed by atoms with van der Waals surface area (Å²) in [5.41, 5.74) is 5.34. The summed E-state index contributed by atoms with van der Waals surface area (Å²) in [6.45, 7) is 6.96. The third-order valence-electron chi connectivity index (χ3n) is 2.85. The number of hydrogen-bond acceptors (Lipinski definition) is 2. The van der Waals surface area contributed by atoms with Gasteiger partial charge in [-0.1, -0.05) is 13.8 Å². The topological polar surface area (TPSA) is 67.7 Å². The number of amidine groups is 1. The molecule has 0 fully saturated rings. The Morgan fingerprint density at radius 2 is 2.27 bits per heavy atom. The van der Waals surface area contributed by atoms with Crippen LogP contribution in [-0.4, -0.2) is 15.4 Å². The molecule has 1 rings (SSSR count). The van der Waals surface area contributed by atoms with E-state index in [2.05, 4.69) is 9.55 Å². The van der Waals surface area contributed by atoms with Crippen molar-refractivity contribution < 1.29 is 0 Å². The van der Waals surface area contributed by atoms with Crippen molar-refractivity contribution in [2.45, 2.75) is 40.2 Å². The fourth-order valence-electron chi connectivity index (χ4n) is 1.47. The van der Waals surface area contributed by atoms with Crippen molar-refractivity contribution >= 4 is 5.84 Å². The van der Waals surface area contributed by atoms with E-state index in [-0.39, 0.29) is 11.3 Å². The van der Waals surface area contributed by atoms with Crippen LogP contribution in [0, 0.1) is 17.7 Å². The van der Waals surface area contributed by atoms with Gasteiger partial charge in [-0.25, -0.2) is 4.98 Å². The summed E-state index contributed by atoms with van der Waals surface area (Å²) in [5.74, 6) is 1.31. The third kappa shape index (κ3) is 3.08. The monoisotopic (exact) mass is 208 g/mol. The Morgan fingerprint density at radius 3 is 2.73 bits per heavy atom. The fourth-order valence-corrected chi connectivity index (χ4v) is 1.47. The quantitative estimate of drug-likeness (QED) is 0.573. The zero-order valence-electron chi connectivity index (χ0n) is 9.75. The second-order valence-corrected chi connectivity index (χ2v) is 4.57. The molecule has 0 bridgehead atoms. The van der Waals surface area contributed by atoms with E-state index in [1.165, 1.54) is 0 Å². The zero-order valence-corrected chi connectivity index (χ0v) is 9.75. The van der Waals surface area contributed by atoms with Gasteiger partial charge in [-0.05, 0) is 19.8 Å². The lowest BCUT2D eigenvalue weighted by Gasteiger charge is -2.22. The maximum Gasteiger partial charge on any atom is 0.105 e. The Balaban J connectivity index is 2.40.